The molecule has 1 aromatic rings. The van der Waals surface area contributed by atoms with E-state index in [9.17, 15) is 9.59 Å². The minimum atomic E-state index is -0.0946. The van der Waals surface area contributed by atoms with Crippen LogP contribution in [-0.2, 0) is 0 Å². The molecule has 2 N–H and O–H groups in total. The molecule has 0 aromatic heterocycles. The maximum atomic E-state index is 11.8. The van der Waals surface area contributed by atoms with Gasteiger partial charge < -0.3 is 10.6 Å². The van der Waals surface area contributed by atoms with Crippen LogP contribution in [0.5, 0.6) is 0 Å². The highest BCUT2D eigenvalue weighted by Gasteiger charge is 2.23. The maximum Gasteiger partial charge on any atom is 0.251 e. The highest BCUT2D eigenvalue weighted by Crippen LogP contribution is 2.19. The Kier molecular flexibility index (Phi) is 4.20. The largest absolute Gasteiger partial charge is 0.352 e. The molecule has 102 valence electrons. The average Bonchev–Trinajstić information content (AvgIpc) is 3.20. The lowest BCUT2D eigenvalue weighted by atomic mass is 10.1. The summed E-state index contributed by atoms with van der Waals surface area (Å²) in [4.78, 5) is 23.6. The van der Waals surface area contributed by atoms with E-state index in [0.717, 1.165) is 12.8 Å². The SMILES string of the molecule is CC(C)CNC(=O)c1ccc(C(=O)NC2CC2)cc1. The second-order valence-electron chi connectivity index (χ2n) is 5.43. The number of benzene rings is 1. The summed E-state index contributed by atoms with van der Waals surface area (Å²) in [6, 6.07) is 7.13. The van der Waals surface area contributed by atoms with Crippen molar-refractivity contribution in [1.82, 2.24) is 10.6 Å². The summed E-state index contributed by atoms with van der Waals surface area (Å²) >= 11 is 0. The molecule has 19 heavy (non-hydrogen) atoms. The molecule has 0 unspecified atom stereocenters. The van der Waals surface area contributed by atoms with Gasteiger partial charge in [-0.05, 0) is 43.0 Å². The molecule has 1 aliphatic rings. The highest BCUT2D eigenvalue weighted by atomic mass is 16.2. The lowest BCUT2D eigenvalue weighted by Gasteiger charge is -2.08. The third kappa shape index (κ3) is 4.09. The van der Waals surface area contributed by atoms with Crippen molar-refractivity contribution in [3.05, 3.63) is 35.4 Å². The molecule has 1 fully saturated rings. The lowest BCUT2D eigenvalue weighted by molar-refractivity contribution is 0.0938. The molecule has 0 aliphatic heterocycles. The van der Waals surface area contributed by atoms with Gasteiger partial charge in [-0.25, -0.2) is 0 Å². The van der Waals surface area contributed by atoms with Crippen LogP contribution in [0, 0.1) is 5.92 Å². The zero-order chi connectivity index (χ0) is 13.8. The smallest absolute Gasteiger partial charge is 0.251 e. The van der Waals surface area contributed by atoms with Crippen molar-refractivity contribution in [2.24, 2.45) is 5.92 Å². The number of amides is 2. The topological polar surface area (TPSA) is 58.2 Å². The van der Waals surface area contributed by atoms with Gasteiger partial charge in [0.15, 0.2) is 0 Å². The molecular formula is C15H20N2O2. The summed E-state index contributed by atoms with van der Waals surface area (Å²) in [5, 5.41) is 5.77. The van der Waals surface area contributed by atoms with E-state index in [1.165, 1.54) is 0 Å². The molecule has 0 radical (unpaired) electrons. The molecule has 4 heteroatoms. The van der Waals surface area contributed by atoms with Crippen LogP contribution in [0.25, 0.3) is 0 Å². The summed E-state index contributed by atoms with van der Waals surface area (Å²) in [7, 11) is 0. The van der Waals surface area contributed by atoms with Gasteiger partial charge in [-0.1, -0.05) is 13.8 Å². The van der Waals surface area contributed by atoms with Crippen LogP contribution in [-0.4, -0.2) is 24.4 Å². The summed E-state index contributed by atoms with van der Waals surface area (Å²) in [6.45, 7) is 4.75. The van der Waals surface area contributed by atoms with Gasteiger partial charge in [-0.3, -0.25) is 9.59 Å². The van der Waals surface area contributed by atoms with E-state index in [1.807, 2.05) is 13.8 Å². The van der Waals surface area contributed by atoms with E-state index < -0.39 is 0 Å². The van der Waals surface area contributed by atoms with Crippen LogP contribution < -0.4 is 10.6 Å². The number of nitrogens with one attached hydrogen (secondary N) is 2. The molecule has 0 atom stereocenters. The van der Waals surface area contributed by atoms with Gasteiger partial charge >= 0.3 is 0 Å². The van der Waals surface area contributed by atoms with Crippen LogP contribution in [0.2, 0.25) is 0 Å². The molecule has 2 amide bonds. The van der Waals surface area contributed by atoms with Gasteiger partial charge in [0.2, 0.25) is 0 Å². The van der Waals surface area contributed by atoms with E-state index in [1.54, 1.807) is 24.3 Å². The molecule has 1 aliphatic carbocycles. The summed E-state index contributed by atoms with van der Waals surface area (Å²) in [5.74, 6) is 0.270. The Balaban J connectivity index is 1.93. The first-order valence-electron chi connectivity index (χ1n) is 6.75. The van der Waals surface area contributed by atoms with Crippen LogP contribution in [0.15, 0.2) is 24.3 Å². The van der Waals surface area contributed by atoms with Gasteiger partial charge in [-0.2, -0.15) is 0 Å². The molecule has 0 spiro atoms. The first-order chi connectivity index (χ1) is 9.06. The number of hydrogen-bond acceptors (Lipinski definition) is 2. The van der Waals surface area contributed by atoms with Crippen molar-refractivity contribution >= 4 is 11.8 Å². The van der Waals surface area contributed by atoms with E-state index in [-0.39, 0.29) is 11.8 Å². The number of rotatable bonds is 5. The minimum absolute atomic E-state index is 0.0587. The van der Waals surface area contributed by atoms with E-state index in [4.69, 9.17) is 0 Å². The Morgan fingerprint density at radius 1 is 1.11 bits per heavy atom. The third-order valence-electron chi connectivity index (χ3n) is 2.99. The zero-order valence-electron chi connectivity index (χ0n) is 11.4. The third-order valence-corrected chi connectivity index (χ3v) is 2.99. The van der Waals surface area contributed by atoms with Crippen LogP contribution in [0.4, 0.5) is 0 Å². The fourth-order valence-electron chi connectivity index (χ4n) is 1.67. The van der Waals surface area contributed by atoms with Crippen LogP contribution in [0.1, 0.15) is 47.4 Å². The maximum absolute atomic E-state index is 11.8. The molecule has 4 nitrogen and oxygen atoms in total. The van der Waals surface area contributed by atoms with Crippen LogP contribution in [0.3, 0.4) is 0 Å². The van der Waals surface area contributed by atoms with E-state index >= 15 is 0 Å². The van der Waals surface area contributed by atoms with Gasteiger partial charge in [0.25, 0.3) is 11.8 Å². The van der Waals surface area contributed by atoms with E-state index in [2.05, 4.69) is 10.6 Å². The molecule has 0 bridgehead atoms. The molecule has 0 heterocycles. The van der Waals surface area contributed by atoms with Gasteiger partial charge in [-0.15, -0.1) is 0 Å². The second-order valence-corrected chi connectivity index (χ2v) is 5.43. The first kappa shape index (κ1) is 13.6. The van der Waals surface area contributed by atoms with Crippen molar-refractivity contribution in [3.63, 3.8) is 0 Å². The van der Waals surface area contributed by atoms with E-state index in [0.29, 0.717) is 29.6 Å². The molecular weight excluding hydrogens is 240 g/mol. The first-order valence-corrected chi connectivity index (χ1v) is 6.75. The Morgan fingerprint density at radius 3 is 2.11 bits per heavy atom. The average molecular weight is 260 g/mol. The number of hydrogen-bond donors (Lipinski definition) is 2. The van der Waals surface area contributed by atoms with Crippen molar-refractivity contribution in [2.75, 3.05) is 6.54 Å². The molecule has 1 aromatic carbocycles. The Labute approximate surface area is 113 Å². The second kappa shape index (κ2) is 5.87. The number of carbonyl (C=O) groups is 2. The number of carbonyl (C=O) groups excluding carboxylic acids is 2. The fourth-order valence-corrected chi connectivity index (χ4v) is 1.67. The molecule has 2 rings (SSSR count). The van der Waals surface area contributed by atoms with Crippen LogP contribution >= 0.6 is 0 Å². The predicted octanol–water partition coefficient (Wildman–Crippen LogP) is 1.96. The lowest BCUT2D eigenvalue weighted by Crippen LogP contribution is -2.28. The van der Waals surface area contributed by atoms with Gasteiger partial charge in [0.1, 0.15) is 0 Å². The van der Waals surface area contributed by atoms with Crippen molar-refractivity contribution in [3.8, 4) is 0 Å². The summed E-state index contributed by atoms with van der Waals surface area (Å²) in [5.41, 5.74) is 1.19. The quantitative estimate of drug-likeness (QED) is 0.850. The van der Waals surface area contributed by atoms with Crippen molar-refractivity contribution < 1.29 is 9.59 Å². The Bertz CT molecular complexity index is 462. The predicted molar refractivity (Wildman–Crippen MR) is 74.1 cm³/mol. The Morgan fingerprint density at radius 2 is 1.63 bits per heavy atom. The van der Waals surface area contributed by atoms with Crippen molar-refractivity contribution in [1.29, 1.82) is 0 Å². The highest BCUT2D eigenvalue weighted by molar-refractivity contribution is 5.97. The minimum Gasteiger partial charge on any atom is -0.352 e. The summed E-state index contributed by atoms with van der Waals surface area (Å²) < 4.78 is 0. The van der Waals surface area contributed by atoms with Gasteiger partial charge in [0.05, 0.1) is 0 Å². The normalized spacial score (nSPS) is 14.3. The monoisotopic (exact) mass is 260 g/mol. The Hall–Kier alpha value is -1.84. The van der Waals surface area contributed by atoms with Gasteiger partial charge in [0, 0.05) is 23.7 Å². The standard InChI is InChI=1S/C15H20N2O2/c1-10(2)9-16-14(18)11-3-5-12(6-4-11)15(19)17-13-7-8-13/h3-6,10,13H,7-9H2,1-2H3,(H,16,18)(H,17,19). The molecule has 0 saturated heterocycles. The zero-order valence-corrected chi connectivity index (χ0v) is 11.4. The summed E-state index contributed by atoms with van der Waals surface area (Å²) in [6.07, 6.45) is 2.14. The molecule has 1 saturated carbocycles. The fraction of sp³-hybridized carbons (Fsp3) is 0.467. The van der Waals surface area contributed by atoms with Crippen molar-refractivity contribution in [2.45, 2.75) is 32.7 Å².